The number of pyridine rings is 1. The van der Waals surface area contributed by atoms with Crippen LogP contribution < -0.4 is 27.0 Å². The lowest BCUT2D eigenvalue weighted by Gasteiger charge is -2.26. The van der Waals surface area contributed by atoms with Crippen LogP contribution in [-0.4, -0.2) is 64.0 Å². The van der Waals surface area contributed by atoms with Gasteiger partial charge >= 0.3 is 0 Å². The zero-order valence-electron chi connectivity index (χ0n) is 25.4. The minimum atomic E-state index is -1.42. The van der Waals surface area contributed by atoms with Gasteiger partial charge in [0.15, 0.2) is 0 Å². The molecule has 2 aromatic carbocycles. The Morgan fingerprint density at radius 3 is 1.87 bits per heavy atom. The van der Waals surface area contributed by atoms with Crippen LogP contribution in [0.3, 0.4) is 0 Å². The number of nitrogens with two attached hydrogens (primary N) is 1. The third kappa shape index (κ3) is 10.7. The standard InChI is InChI=1S/C33H38N6O6/c1-21(28(41)31(44)38-26(17-22-11-6-4-7-12-22)30(43)39-33(2,3)32(34)45)36-29(42)25(18-24-15-10-16-35-20-24)37-27(40)19-23-13-8-5-9-14-23/h4-16,20-21,25-26H,17-19H2,1-3H3,(H2,34,45)(H,36,42)(H,37,40)(H,38,44)(H,39,43)/t21?,25-,26-/m0/s1. The molecule has 0 spiro atoms. The van der Waals surface area contributed by atoms with Gasteiger partial charge in [-0.15, -0.1) is 0 Å². The number of carbonyl (C=O) groups is 6. The van der Waals surface area contributed by atoms with Crippen molar-refractivity contribution in [1.29, 1.82) is 0 Å². The lowest BCUT2D eigenvalue weighted by molar-refractivity contribution is -0.141. The summed E-state index contributed by atoms with van der Waals surface area (Å²) in [5, 5.41) is 10.1. The molecule has 12 heteroatoms. The van der Waals surface area contributed by atoms with E-state index in [1.54, 1.807) is 79.1 Å². The Morgan fingerprint density at radius 1 is 0.733 bits per heavy atom. The van der Waals surface area contributed by atoms with Crippen molar-refractivity contribution in [3.63, 3.8) is 0 Å². The fourth-order valence-corrected chi connectivity index (χ4v) is 4.31. The molecule has 0 fully saturated rings. The molecule has 236 valence electrons. The zero-order valence-corrected chi connectivity index (χ0v) is 25.4. The largest absolute Gasteiger partial charge is 0.368 e. The summed E-state index contributed by atoms with van der Waals surface area (Å²) < 4.78 is 0. The van der Waals surface area contributed by atoms with E-state index in [2.05, 4.69) is 26.3 Å². The fourth-order valence-electron chi connectivity index (χ4n) is 4.31. The summed E-state index contributed by atoms with van der Waals surface area (Å²) in [4.78, 5) is 81.2. The van der Waals surface area contributed by atoms with Crippen molar-refractivity contribution in [2.24, 2.45) is 5.73 Å². The first-order valence-electron chi connectivity index (χ1n) is 14.4. The number of hydrogen-bond acceptors (Lipinski definition) is 7. The van der Waals surface area contributed by atoms with Crippen molar-refractivity contribution in [2.75, 3.05) is 0 Å². The van der Waals surface area contributed by atoms with Gasteiger partial charge in [0.05, 0.1) is 12.5 Å². The maximum absolute atomic E-state index is 13.3. The Kier molecular flexibility index (Phi) is 12.0. The van der Waals surface area contributed by atoms with Crippen LogP contribution in [0.1, 0.15) is 37.5 Å². The summed E-state index contributed by atoms with van der Waals surface area (Å²) in [6.45, 7) is 4.16. The van der Waals surface area contributed by atoms with E-state index in [1.807, 2.05) is 6.07 Å². The number of hydrogen-bond donors (Lipinski definition) is 5. The number of rotatable bonds is 15. The average Bonchev–Trinajstić information content (AvgIpc) is 3.01. The molecule has 0 bridgehead atoms. The van der Waals surface area contributed by atoms with Crippen molar-refractivity contribution >= 4 is 35.3 Å². The van der Waals surface area contributed by atoms with Crippen LogP contribution >= 0.6 is 0 Å². The summed E-state index contributed by atoms with van der Waals surface area (Å²) >= 11 is 0. The quantitative estimate of drug-likeness (QED) is 0.154. The Bertz CT molecular complexity index is 1500. The van der Waals surface area contributed by atoms with Gasteiger partial charge < -0.3 is 27.0 Å². The number of Topliss-reactive ketones (excluding diaryl/α,β-unsaturated/α-hetero) is 1. The van der Waals surface area contributed by atoms with Crippen molar-refractivity contribution in [1.82, 2.24) is 26.3 Å². The lowest BCUT2D eigenvalue weighted by atomic mass is 10.0. The molecule has 3 atom stereocenters. The van der Waals surface area contributed by atoms with Crippen LogP contribution in [0.15, 0.2) is 85.2 Å². The molecular weight excluding hydrogens is 576 g/mol. The smallest absolute Gasteiger partial charge is 0.290 e. The van der Waals surface area contributed by atoms with Crippen LogP contribution in [0, 0.1) is 0 Å². The topological polar surface area (TPSA) is 189 Å². The Hall–Kier alpha value is -5.39. The average molecular weight is 615 g/mol. The second kappa shape index (κ2) is 15.9. The molecule has 1 heterocycles. The van der Waals surface area contributed by atoms with Crippen LogP contribution in [0.5, 0.6) is 0 Å². The van der Waals surface area contributed by atoms with Gasteiger partial charge in [0.2, 0.25) is 29.4 Å². The molecule has 3 rings (SSSR count). The number of nitrogens with one attached hydrogen (secondary N) is 4. The van der Waals surface area contributed by atoms with Gasteiger partial charge in [-0.2, -0.15) is 0 Å². The van der Waals surface area contributed by atoms with Gasteiger partial charge in [0.1, 0.15) is 17.6 Å². The first kappa shape index (κ1) is 34.1. The van der Waals surface area contributed by atoms with E-state index in [9.17, 15) is 28.8 Å². The second-order valence-electron chi connectivity index (χ2n) is 11.1. The Balaban J connectivity index is 1.71. The van der Waals surface area contributed by atoms with Crippen LogP contribution in [0.4, 0.5) is 0 Å². The number of nitrogens with zero attached hydrogens (tertiary/aromatic N) is 1. The van der Waals surface area contributed by atoms with Crippen molar-refractivity contribution < 1.29 is 28.8 Å². The Morgan fingerprint density at radius 2 is 1.29 bits per heavy atom. The van der Waals surface area contributed by atoms with Crippen LogP contribution in [-0.2, 0) is 48.0 Å². The normalized spacial score (nSPS) is 13.0. The lowest BCUT2D eigenvalue weighted by Crippen LogP contribution is -2.60. The van der Waals surface area contributed by atoms with Crippen molar-refractivity contribution in [3.05, 3.63) is 102 Å². The number of amides is 5. The predicted octanol–water partition coefficient (Wildman–Crippen LogP) is 0.533. The molecule has 0 aliphatic heterocycles. The first-order valence-corrected chi connectivity index (χ1v) is 14.4. The van der Waals surface area contributed by atoms with Gasteiger partial charge in [-0.25, -0.2) is 0 Å². The molecule has 6 N–H and O–H groups in total. The SMILES string of the molecule is CC(NC(=O)[C@H](Cc1cccnc1)NC(=O)Cc1ccccc1)C(=O)C(=O)N[C@@H](Cc1ccccc1)C(=O)NC(C)(C)C(N)=O. The van der Waals surface area contributed by atoms with Gasteiger partial charge in [-0.1, -0.05) is 66.7 Å². The third-order valence-corrected chi connectivity index (χ3v) is 6.95. The first-order chi connectivity index (χ1) is 21.4. The molecule has 1 aromatic heterocycles. The van der Waals surface area contributed by atoms with Gasteiger partial charge in [-0.3, -0.25) is 33.8 Å². The number of aromatic nitrogens is 1. The number of primary amides is 1. The van der Waals surface area contributed by atoms with Crippen LogP contribution in [0.2, 0.25) is 0 Å². The highest BCUT2D eigenvalue weighted by Gasteiger charge is 2.34. The summed E-state index contributed by atoms with van der Waals surface area (Å²) in [5.74, 6) is -4.74. The molecule has 0 radical (unpaired) electrons. The summed E-state index contributed by atoms with van der Waals surface area (Å²) in [7, 11) is 0. The number of carbonyl (C=O) groups excluding carboxylic acids is 6. The van der Waals surface area contributed by atoms with Gasteiger partial charge in [-0.05, 0) is 43.5 Å². The summed E-state index contributed by atoms with van der Waals surface area (Å²) in [6.07, 6.45) is 3.27. The molecule has 0 aliphatic carbocycles. The molecule has 12 nitrogen and oxygen atoms in total. The summed E-state index contributed by atoms with van der Waals surface area (Å²) in [6, 6.07) is 17.6. The van der Waals surface area contributed by atoms with Gasteiger partial charge in [0.25, 0.3) is 5.91 Å². The predicted molar refractivity (Wildman–Crippen MR) is 166 cm³/mol. The molecule has 3 aromatic rings. The molecule has 45 heavy (non-hydrogen) atoms. The third-order valence-electron chi connectivity index (χ3n) is 6.95. The van der Waals surface area contributed by atoms with E-state index >= 15 is 0 Å². The maximum Gasteiger partial charge on any atom is 0.290 e. The van der Waals surface area contributed by atoms with E-state index < -0.39 is 59.0 Å². The minimum Gasteiger partial charge on any atom is -0.368 e. The Labute approximate surface area is 261 Å². The fraction of sp³-hybridized carbons (Fsp3) is 0.303. The number of benzene rings is 2. The zero-order chi connectivity index (χ0) is 33.0. The second-order valence-corrected chi connectivity index (χ2v) is 11.1. The van der Waals surface area contributed by atoms with E-state index in [0.29, 0.717) is 11.1 Å². The van der Waals surface area contributed by atoms with E-state index in [0.717, 1.165) is 5.56 Å². The van der Waals surface area contributed by atoms with Crippen LogP contribution in [0.25, 0.3) is 0 Å². The van der Waals surface area contributed by atoms with Crippen molar-refractivity contribution in [3.8, 4) is 0 Å². The summed E-state index contributed by atoms with van der Waals surface area (Å²) in [5.41, 5.74) is 6.07. The molecule has 0 saturated carbocycles. The van der Waals surface area contributed by atoms with E-state index in [-0.39, 0.29) is 19.3 Å². The van der Waals surface area contributed by atoms with E-state index in [4.69, 9.17) is 5.73 Å². The maximum atomic E-state index is 13.3. The number of ketones is 1. The van der Waals surface area contributed by atoms with Gasteiger partial charge in [0, 0.05) is 25.2 Å². The molecule has 5 amide bonds. The minimum absolute atomic E-state index is 0.0158. The molecule has 0 aliphatic rings. The van der Waals surface area contributed by atoms with Crippen molar-refractivity contribution in [2.45, 2.75) is 63.7 Å². The highest BCUT2D eigenvalue weighted by atomic mass is 16.2. The molecule has 1 unspecified atom stereocenters. The molecule has 0 saturated heterocycles. The van der Waals surface area contributed by atoms with E-state index in [1.165, 1.54) is 20.8 Å². The highest BCUT2D eigenvalue weighted by molar-refractivity contribution is 6.38. The molecular formula is C33H38N6O6. The highest BCUT2D eigenvalue weighted by Crippen LogP contribution is 2.08. The monoisotopic (exact) mass is 614 g/mol.